The van der Waals surface area contributed by atoms with Gasteiger partial charge in [0.05, 0.1) is 29.8 Å². The van der Waals surface area contributed by atoms with E-state index in [4.69, 9.17) is 4.74 Å². The number of aliphatic imine (C=N–C) groups is 1. The number of nitro groups is 1. The fraction of sp³-hybridized carbons (Fsp3) is 0.381. The summed E-state index contributed by atoms with van der Waals surface area (Å²) in [6.45, 7) is 4.71. The number of nitro benzene ring substituents is 1. The third-order valence-corrected chi connectivity index (χ3v) is 4.90. The van der Waals surface area contributed by atoms with Crippen molar-refractivity contribution in [3.63, 3.8) is 0 Å². The fourth-order valence-corrected chi connectivity index (χ4v) is 3.49. The highest BCUT2D eigenvalue weighted by Gasteiger charge is 2.25. The highest BCUT2D eigenvalue weighted by Crippen LogP contribution is 2.30. The van der Waals surface area contributed by atoms with Gasteiger partial charge in [0, 0.05) is 31.7 Å². The van der Waals surface area contributed by atoms with E-state index in [0.717, 1.165) is 30.9 Å². The highest BCUT2D eigenvalue weighted by atomic mass is 127. The Kier molecular flexibility index (Phi) is 9.15. The van der Waals surface area contributed by atoms with E-state index in [0.29, 0.717) is 18.1 Å². The van der Waals surface area contributed by atoms with Crippen LogP contribution in [0.5, 0.6) is 5.75 Å². The smallest absolute Gasteiger partial charge is 0.274 e. The molecule has 162 valence electrons. The second kappa shape index (κ2) is 11.6. The molecule has 0 aliphatic carbocycles. The third-order valence-electron chi connectivity index (χ3n) is 4.90. The van der Waals surface area contributed by atoms with Crippen LogP contribution in [0.2, 0.25) is 0 Å². The molecular formula is C21H28IN5O3. The van der Waals surface area contributed by atoms with Crippen molar-refractivity contribution < 1.29 is 9.66 Å². The number of benzene rings is 2. The predicted molar refractivity (Wildman–Crippen MR) is 130 cm³/mol. The molecule has 1 aliphatic heterocycles. The number of hydrogen-bond donors (Lipinski definition) is 2. The molecule has 30 heavy (non-hydrogen) atoms. The van der Waals surface area contributed by atoms with Gasteiger partial charge in [-0.05, 0) is 25.5 Å². The van der Waals surface area contributed by atoms with E-state index >= 15 is 0 Å². The van der Waals surface area contributed by atoms with Crippen LogP contribution in [0.1, 0.15) is 18.9 Å². The van der Waals surface area contributed by atoms with Crippen molar-refractivity contribution in [2.45, 2.75) is 25.9 Å². The lowest BCUT2D eigenvalue weighted by molar-refractivity contribution is -0.385. The normalized spacial score (nSPS) is 16.0. The minimum absolute atomic E-state index is 0. The fourth-order valence-electron chi connectivity index (χ4n) is 3.49. The number of nitrogens with zero attached hydrogens (tertiary/aromatic N) is 3. The number of ether oxygens (including phenoxy) is 1. The lowest BCUT2D eigenvalue weighted by atomic mass is 10.2. The summed E-state index contributed by atoms with van der Waals surface area (Å²) in [6.07, 6.45) is 0.966. The zero-order valence-electron chi connectivity index (χ0n) is 17.2. The van der Waals surface area contributed by atoms with Crippen LogP contribution in [-0.2, 0) is 6.54 Å². The van der Waals surface area contributed by atoms with E-state index in [2.05, 4.69) is 26.6 Å². The van der Waals surface area contributed by atoms with Gasteiger partial charge < -0.3 is 20.3 Å². The summed E-state index contributed by atoms with van der Waals surface area (Å²) in [5, 5.41) is 17.9. The number of rotatable bonds is 7. The average molecular weight is 525 g/mol. The van der Waals surface area contributed by atoms with Gasteiger partial charge in [0.25, 0.3) is 5.69 Å². The third kappa shape index (κ3) is 5.97. The summed E-state index contributed by atoms with van der Waals surface area (Å²) in [4.78, 5) is 17.7. The summed E-state index contributed by atoms with van der Waals surface area (Å²) < 4.78 is 5.48. The molecular weight excluding hydrogens is 497 g/mol. The molecule has 1 heterocycles. The van der Waals surface area contributed by atoms with E-state index in [1.165, 1.54) is 6.07 Å². The van der Waals surface area contributed by atoms with Crippen molar-refractivity contribution >= 4 is 41.3 Å². The van der Waals surface area contributed by atoms with Crippen LogP contribution >= 0.6 is 24.0 Å². The number of guanidine groups is 1. The Bertz CT molecular complexity index is 877. The number of para-hydroxylation sites is 3. The minimum Gasteiger partial charge on any atom is -0.495 e. The van der Waals surface area contributed by atoms with Gasteiger partial charge in [-0.15, -0.1) is 24.0 Å². The predicted octanol–water partition coefficient (Wildman–Crippen LogP) is 3.56. The molecule has 1 saturated heterocycles. The van der Waals surface area contributed by atoms with E-state index in [9.17, 15) is 10.1 Å². The topological polar surface area (TPSA) is 92.0 Å². The first kappa shape index (κ1) is 23.7. The number of nitrogens with one attached hydrogen (secondary N) is 2. The van der Waals surface area contributed by atoms with Gasteiger partial charge in [-0.2, -0.15) is 0 Å². The van der Waals surface area contributed by atoms with Crippen LogP contribution in [-0.4, -0.2) is 43.7 Å². The maximum Gasteiger partial charge on any atom is 0.274 e. The summed E-state index contributed by atoms with van der Waals surface area (Å²) >= 11 is 0. The summed E-state index contributed by atoms with van der Waals surface area (Å²) in [5.41, 5.74) is 1.77. The van der Waals surface area contributed by atoms with Crippen LogP contribution in [0.3, 0.4) is 0 Å². The van der Waals surface area contributed by atoms with Crippen LogP contribution in [0, 0.1) is 10.1 Å². The Morgan fingerprint density at radius 1 is 1.27 bits per heavy atom. The van der Waals surface area contributed by atoms with Gasteiger partial charge in [0.15, 0.2) is 5.96 Å². The zero-order valence-corrected chi connectivity index (χ0v) is 19.5. The Morgan fingerprint density at radius 2 is 2.00 bits per heavy atom. The molecule has 0 bridgehead atoms. The molecule has 1 aliphatic rings. The van der Waals surface area contributed by atoms with Crippen molar-refractivity contribution in [2.24, 2.45) is 4.99 Å². The first-order chi connectivity index (χ1) is 14.1. The quantitative estimate of drug-likeness (QED) is 0.189. The van der Waals surface area contributed by atoms with Crippen LogP contribution < -0.4 is 20.3 Å². The maximum atomic E-state index is 11.2. The van der Waals surface area contributed by atoms with Gasteiger partial charge in [0.2, 0.25) is 0 Å². The second-order valence-electron chi connectivity index (χ2n) is 6.83. The molecule has 1 fully saturated rings. The van der Waals surface area contributed by atoms with Crippen molar-refractivity contribution in [2.75, 3.05) is 31.6 Å². The number of anilines is 1. The first-order valence-corrected chi connectivity index (χ1v) is 9.77. The molecule has 1 atom stereocenters. The standard InChI is InChI=1S/C21H27N5O3.HI/c1-3-22-21(23-14-16-8-4-5-9-18(16)26(27)28)24-17-12-13-25(15-17)19-10-6-7-11-20(19)29-2;/h4-11,17H,3,12-15H2,1-2H3,(H2,22,23,24);1H. The molecule has 0 radical (unpaired) electrons. The lowest BCUT2D eigenvalue weighted by Crippen LogP contribution is -2.44. The first-order valence-electron chi connectivity index (χ1n) is 9.77. The Balaban J connectivity index is 0.00000320. The van der Waals surface area contributed by atoms with Crippen molar-refractivity contribution in [3.05, 3.63) is 64.2 Å². The molecule has 1 unspecified atom stereocenters. The van der Waals surface area contributed by atoms with E-state index < -0.39 is 0 Å². The van der Waals surface area contributed by atoms with Crippen molar-refractivity contribution in [1.29, 1.82) is 0 Å². The molecule has 2 N–H and O–H groups in total. The molecule has 2 aromatic rings. The Labute approximate surface area is 193 Å². The van der Waals surface area contributed by atoms with Crippen molar-refractivity contribution in [3.8, 4) is 5.75 Å². The van der Waals surface area contributed by atoms with Gasteiger partial charge in [-0.3, -0.25) is 10.1 Å². The molecule has 9 heteroatoms. The van der Waals surface area contributed by atoms with E-state index in [-0.39, 0.29) is 47.2 Å². The van der Waals surface area contributed by atoms with E-state index in [1.54, 1.807) is 25.3 Å². The largest absolute Gasteiger partial charge is 0.495 e. The molecule has 2 aromatic carbocycles. The van der Waals surface area contributed by atoms with Crippen LogP contribution in [0.4, 0.5) is 11.4 Å². The highest BCUT2D eigenvalue weighted by molar-refractivity contribution is 14.0. The van der Waals surface area contributed by atoms with Crippen LogP contribution in [0.25, 0.3) is 0 Å². The molecule has 0 amide bonds. The van der Waals surface area contributed by atoms with Gasteiger partial charge in [0.1, 0.15) is 5.75 Å². The summed E-state index contributed by atoms with van der Waals surface area (Å²) in [5.74, 6) is 1.53. The number of hydrogen-bond acceptors (Lipinski definition) is 5. The average Bonchev–Trinajstić information content (AvgIpc) is 3.20. The summed E-state index contributed by atoms with van der Waals surface area (Å²) in [7, 11) is 1.68. The zero-order chi connectivity index (χ0) is 20.6. The number of halogens is 1. The Hall–Kier alpha value is -2.56. The van der Waals surface area contributed by atoms with Gasteiger partial charge in [-0.25, -0.2) is 4.99 Å². The molecule has 8 nitrogen and oxygen atoms in total. The lowest BCUT2D eigenvalue weighted by Gasteiger charge is -2.22. The minimum atomic E-state index is -0.368. The summed E-state index contributed by atoms with van der Waals surface area (Å²) in [6, 6.07) is 14.9. The number of methoxy groups -OCH3 is 1. The molecule has 0 saturated carbocycles. The second-order valence-corrected chi connectivity index (χ2v) is 6.83. The Morgan fingerprint density at radius 3 is 2.73 bits per heavy atom. The molecule has 3 rings (SSSR count). The van der Waals surface area contributed by atoms with Gasteiger partial charge in [-0.1, -0.05) is 30.3 Å². The van der Waals surface area contributed by atoms with Crippen molar-refractivity contribution in [1.82, 2.24) is 10.6 Å². The molecule has 0 spiro atoms. The van der Waals surface area contributed by atoms with E-state index in [1.807, 2.05) is 25.1 Å². The molecule has 0 aromatic heterocycles. The van der Waals surface area contributed by atoms with Crippen LogP contribution in [0.15, 0.2) is 53.5 Å². The maximum absolute atomic E-state index is 11.2. The van der Waals surface area contributed by atoms with Gasteiger partial charge >= 0.3 is 0 Å². The SMILES string of the molecule is CCNC(=NCc1ccccc1[N+](=O)[O-])NC1CCN(c2ccccc2OC)C1.I. The monoisotopic (exact) mass is 525 g/mol.